The zero-order chi connectivity index (χ0) is 13.8. The molecule has 0 aromatic rings. The molecule has 0 aromatic carbocycles. The fourth-order valence-electron chi connectivity index (χ4n) is 2.09. The van der Waals surface area contributed by atoms with E-state index in [2.05, 4.69) is 4.74 Å². The molecule has 2 N–H and O–H groups in total. The van der Waals surface area contributed by atoms with Crippen LogP contribution in [0.5, 0.6) is 0 Å². The molecule has 0 radical (unpaired) electrons. The van der Waals surface area contributed by atoms with Crippen molar-refractivity contribution in [2.45, 2.75) is 31.7 Å². The SMILES string of the molecule is COC(=O)CS(=O)(=O)N(CC(N)=S)C1CCCC1. The highest BCUT2D eigenvalue weighted by Gasteiger charge is 2.34. The lowest BCUT2D eigenvalue weighted by Crippen LogP contribution is -2.45. The molecule has 6 nitrogen and oxygen atoms in total. The van der Waals surface area contributed by atoms with Crippen LogP contribution in [0.25, 0.3) is 0 Å². The average molecular weight is 294 g/mol. The van der Waals surface area contributed by atoms with Gasteiger partial charge in [0.1, 0.15) is 0 Å². The van der Waals surface area contributed by atoms with Gasteiger partial charge in [0.15, 0.2) is 5.75 Å². The van der Waals surface area contributed by atoms with Crippen LogP contribution in [0, 0.1) is 0 Å². The topological polar surface area (TPSA) is 89.7 Å². The van der Waals surface area contributed by atoms with Crippen molar-refractivity contribution in [3.05, 3.63) is 0 Å². The molecule has 0 atom stereocenters. The fourth-order valence-corrected chi connectivity index (χ4v) is 3.89. The highest BCUT2D eigenvalue weighted by Crippen LogP contribution is 2.25. The van der Waals surface area contributed by atoms with Crippen molar-refractivity contribution in [3.8, 4) is 0 Å². The van der Waals surface area contributed by atoms with E-state index in [1.807, 2.05) is 0 Å². The van der Waals surface area contributed by atoms with Crippen LogP contribution in [-0.2, 0) is 19.6 Å². The Bertz CT molecular complexity index is 416. The second kappa shape index (κ2) is 6.44. The Balaban J connectivity index is 2.86. The standard InChI is InChI=1S/C10H18N2O4S2/c1-16-10(13)7-18(14,15)12(6-9(11)17)8-4-2-3-5-8/h8H,2-7H2,1H3,(H2,11,17). The summed E-state index contributed by atoms with van der Waals surface area (Å²) in [5, 5.41) is 0. The lowest BCUT2D eigenvalue weighted by molar-refractivity contribution is -0.137. The molecule has 0 bridgehead atoms. The van der Waals surface area contributed by atoms with Gasteiger partial charge in [-0.05, 0) is 12.8 Å². The predicted molar refractivity (Wildman–Crippen MR) is 71.6 cm³/mol. The lowest BCUT2D eigenvalue weighted by Gasteiger charge is -2.27. The molecule has 104 valence electrons. The van der Waals surface area contributed by atoms with Crippen molar-refractivity contribution >= 4 is 33.2 Å². The number of thiocarbonyl (C=S) groups is 1. The van der Waals surface area contributed by atoms with Gasteiger partial charge in [0.2, 0.25) is 10.0 Å². The molecule has 1 aliphatic rings. The lowest BCUT2D eigenvalue weighted by atomic mass is 10.2. The molecular formula is C10H18N2O4S2. The summed E-state index contributed by atoms with van der Waals surface area (Å²) in [5.41, 5.74) is 5.43. The Labute approximate surface area is 113 Å². The molecule has 0 saturated heterocycles. The van der Waals surface area contributed by atoms with Gasteiger partial charge in [0.05, 0.1) is 18.6 Å². The van der Waals surface area contributed by atoms with Crippen LogP contribution in [0.1, 0.15) is 25.7 Å². The Kier molecular flexibility index (Phi) is 5.48. The van der Waals surface area contributed by atoms with E-state index in [4.69, 9.17) is 18.0 Å². The van der Waals surface area contributed by atoms with Gasteiger partial charge in [-0.25, -0.2) is 8.42 Å². The minimum absolute atomic E-state index is 0.0146. The van der Waals surface area contributed by atoms with Crippen LogP contribution in [0.3, 0.4) is 0 Å². The molecule has 0 aliphatic heterocycles. The number of carbonyl (C=O) groups is 1. The van der Waals surface area contributed by atoms with E-state index >= 15 is 0 Å². The highest BCUT2D eigenvalue weighted by molar-refractivity contribution is 7.89. The number of esters is 1. The number of ether oxygens (including phenoxy) is 1. The Morgan fingerprint density at radius 2 is 2.00 bits per heavy atom. The maximum Gasteiger partial charge on any atom is 0.322 e. The first-order chi connectivity index (χ1) is 8.36. The second-order valence-corrected chi connectivity index (χ2v) is 6.73. The van der Waals surface area contributed by atoms with Crippen LogP contribution in [0.2, 0.25) is 0 Å². The van der Waals surface area contributed by atoms with Crippen LogP contribution < -0.4 is 5.73 Å². The largest absolute Gasteiger partial charge is 0.468 e. The van der Waals surface area contributed by atoms with E-state index < -0.39 is 21.7 Å². The minimum atomic E-state index is -3.72. The second-order valence-electron chi connectivity index (χ2n) is 4.28. The van der Waals surface area contributed by atoms with Crippen molar-refractivity contribution in [3.63, 3.8) is 0 Å². The van der Waals surface area contributed by atoms with Gasteiger partial charge in [0.25, 0.3) is 0 Å². The van der Waals surface area contributed by atoms with Gasteiger partial charge < -0.3 is 10.5 Å². The predicted octanol–water partition coefficient (Wildman–Crippen LogP) is 0.0199. The molecule has 0 aromatic heterocycles. The Morgan fingerprint density at radius 3 is 2.44 bits per heavy atom. The first kappa shape index (κ1) is 15.3. The van der Waals surface area contributed by atoms with Gasteiger partial charge in [-0.15, -0.1) is 0 Å². The fraction of sp³-hybridized carbons (Fsp3) is 0.800. The summed E-state index contributed by atoms with van der Waals surface area (Å²) in [6.45, 7) is -0.0146. The number of hydrogen-bond acceptors (Lipinski definition) is 5. The number of carbonyl (C=O) groups excluding carboxylic acids is 1. The molecule has 0 spiro atoms. The molecule has 1 saturated carbocycles. The summed E-state index contributed by atoms with van der Waals surface area (Å²) in [5.74, 6) is -1.44. The number of nitrogens with two attached hydrogens (primary N) is 1. The Morgan fingerprint density at radius 1 is 1.44 bits per heavy atom. The summed E-state index contributed by atoms with van der Waals surface area (Å²) in [6, 6.07) is -0.110. The summed E-state index contributed by atoms with van der Waals surface area (Å²) in [7, 11) is -2.56. The third-order valence-corrected chi connectivity index (χ3v) is 4.80. The van der Waals surface area contributed by atoms with E-state index in [0.29, 0.717) is 0 Å². The molecule has 8 heteroatoms. The molecule has 0 unspecified atom stereocenters. The summed E-state index contributed by atoms with van der Waals surface area (Å²) < 4.78 is 29.9. The maximum absolute atomic E-state index is 12.1. The third kappa shape index (κ3) is 4.18. The smallest absolute Gasteiger partial charge is 0.322 e. The maximum atomic E-state index is 12.1. The van der Waals surface area contributed by atoms with Crippen molar-refractivity contribution in [1.82, 2.24) is 4.31 Å². The number of sulfonamides is 1. The zero-order valence-electron chi connectivity index (χ0n) is 10.3. The van der Waals surface area contributed by atoms with Crippen LogP contribution in [0.4, 0.5) is 0 Å². The van der Waals surface area contributed by atoms with Gasteiger partial charge in [0, 0.05) is 6.04 Å². The number of methoxy groups -OCH3 is 1. The van der Waals surface area contributed by atoms with E-state index in [1.54, 1.807) is 0 Å². The number of nitrogens with zero attached hydrogens (tertiary/aromatic N) is 1. The van der Waals surface area contributed by atoms with Gasteiger partial charge >= 0.3 is 5.97 Å². The first-order valence-corrected chi connectivity index (χ1v) is 7.73. The van der Waals surface area contributed by atoms with Crippen LogP contribution >= 0.6 is 12.2 Å². The summed E-state index contributed by atoms with van der Waals surface area (Å²) in [4.78, 5) is 11.2. The quantitative estimate of drug-likeness (QED) is 0.549. The molecular weight excluding hydrogens is 276 g/mol. The van der Waals surface area contributed by atoms with Crippen molar-refractivity contribution in [2.24, 2.45) is 5.73 Å². The number of hydrogen-bond donors (Lipinski definition) is 1. The zero-order valence-corrected chi connectivity index (χ0v) is 11.9. The Hall–Kier alpha value is -0.730. The van der Waals surface area contributed by atoms with Gasteiger partial charge in [-0.3, -0.25) is 4.79 Å². The molecule has 0 amide bonds. The third-order valence-electron chi connectivity index (χ3n) is 2.93. The van der Waals surface area contributed by atoms with Crippen molar-refractivity contribution < 1.29 is 17.9 Å². The van der Waals surface area contributed by atoms with Gasteiger partial charge in [-0.2, -0.15) is 4.31 Å². The number of rotatable bonds is 6. The highest BCUT2D eigenvalue weighted by atomic mass is 32.2. The van der Waals surface area contributed by atoms with E-state index in [-0.39, 0.29) is 17.6 Å². The van der Waals surface area contributed by atoms with Crippen molar-refractivity contribution in [1.29, 1.82) is 0 Å². The van der Waals surface area contributed by atoms with E-state index in [9.17, 15) is 13.2 Å². The molecule has 18 heavy (non-hydrogen) atoms. The summed E-state index contributed by atoms with van der Waals surface area (Å²) in [6.07, 6.45) is 3.52. The minimum Gasteiger partial charge on any atom is -0.468 e. The van der Waals surface area contributed by atoms with Crippen LogP contribution in [-0.4, -0.2) is 49.1 Å². The van der Waals surface area contributed by atoms with E-state index in [0.717, 1.165) is 32.8 Å². The monoisotopic (exact) mass is 294 g/mol. The molecule has 1 aliphatic carbocycles. The first-order valence-electron chi connectivity index (χ1n) is 5.71. The van der Waals surface area contributed by atoms with Crippen LogP contribution in [0.15, 0.2) is 0 Å². The molecule has 1 fully saturated rings. The van der Waals surface area contributed by atoms with Gasteiger partial charge in [-0.1, -0.05) is 25.1 Å². The summed E-state index contributed by atoms with van der Waals surface area (Å²) >= 11 is 4.77. The average Bonchev–Trinajstić information content (AvgIpc) is 2.77. The molecule has 1 rings (SSSR count). The normalized spacial score (nSPS) is 17.0. The van der Waals surface area contributed by atoms with Crippen molar-refractivity contribution in [2.75, 3.05) is 19.4 Å². The van der Waals surface area contributed by atoms with E-state index in [1.165, 1.54) is 4.31 Å². The molecule has 0 heterocycles.